The summed E-state index contributed by atoms with van der Waals surface area (Å²) in [6.45, 7) is 0. The molecule has 1 aliphatic heterocycles. The Morgan fingerprint density at radius 1 is 0.895 bits per heavy atom. The quantitative estimate of drug-likeness (QED) is 0.741. The van der Waals surface area contributed by atoms with Gasteiger partial charge in [0.25, 0.3) is 0 Å². The van der Waals surface area contributed by atoms with Crippen LogP contribution in [0.25, 0.3) is 0 Å². The molecule has 1 fully saturated rings. The number of rotatable bonds is 2. The average molecular weight is 257 g/mol. The van der Waals surface area contributed by atoms with Gasteiger partial charge in [-0.25, -0.2) is 0 Å². The molecule has 0 bridgehead atoms. The zero-order valence-electron chi connectivity index (χ0n) is 11.6. The van der Waals surface area contributed by atoms with E-state index in [0.717, 1.165) is 6.42 Å². The molecule has 1 unspecified atom stereocenters. The van der Waals surface area contributed by atoms with E-state index in [1.165, 1.54) is 56.2 Å². The fourth-order valence-electron chi connectivity index (χ4n) is 3.27. The summed E-state index contributed by atoms with van der Waals surface area (Å²) in [6.07, 6.45) is 10.7. The SMILES string of the molecule is c1ccc(C2CC(C3CCCCCCC3)=NO2)cc1. The van der Waals surface area contributed by atoms with Gasteiger partial charge in [-0.3, -0.25) is 0 Å². The first-order chi connectivity index (χ1) is 9.43. The molecule has 2 aliphatic rings. The number of oxime groups is 1. The Balaban J connectivity index is 1.61. The second-order valence-electron chi connectivity index (χ2n) is 5.83. The second-order valence-corrected chi connectivity index (χ2v) is 5.83. The van der Waals surface area contributed by atoms with Gasteiger partial charge in [0.1, 0.15) is 0 Å². The molecule has 1 aliphatic carbocycles. The van der Waals surface area contributed by atoms with Gasteiger partial charge in [-0.05, 0) is 18.4 Å². The summed E-state index contributed by atoms with van der Waals surface area (Å²) < 4.78 is 0. The minimum atomic E-state index is 0.154. The van der Waals surface area contributed by atoms with E-state index < -0.39 is 0 Å². The fourth-order valence-corrected chi connectivity index (χ4v) is 3.27. The van der Waals surface area contributed by atoms with E-state index in [0.29, 0.717) is 5.92 Å². The molecule has 1 atom stereocenters. The summed E-state index contributed by atoms with van der Waals surface area (Å²) in [6, 6.07) is 10.5. The highest BCUT2D eigenvalue weighted by molar-refractivity contribution is 5.87. The highest BCUT2D eigenvalue weighted by Crippen LogP contribution is 2.33. The first-order valence-corrected chi connectivity index (χ1v) is 7.71. The molecule has 0 amide bonds. The minimum absolute atomic E-state index is 0.154. The van der Waals surface area contributed by atoms with E-state index in [1.54, 1.807) is 0 Å². The molecule has 19 heavy (non-hydrogen) atoms. The Morgan fingerprint density at radius 3 is 2.32 bits per heavy atom. The largest absolute Gasteiger partial charge is 0.387 e. The summed E-state index contributed by atoms with van der Waals surface area (Å²) >= 11 is 0. The van der Waals surface area contributed by atoms with Gasteiger partial charge < -0.3 is 4.84 Å². The van der Waals surface area contributed by atoms with Crippen LogP contribution in [0.3, 0.4) is 0 Å². The van der Waals surface area contributed by atoms with E-state index in [2.05, 4.69) is 35.5 Å². The molecular weight excluding hydrogens is 234 g/mol. The molecule has 1 saturated carbocycles. The number of hydrogen-bond donors (Lipinski definition) is 0. The van der Waals surface area contributed by atoms with Gasteiger partial charge in [0, 0.05) is 12.3 Å². The Morgan fingerprint density at radius 2 is 1.58 bits per heavy atom. The summed E-state index contributed by atoms with van der Waals surface area (Å²) in [7, 11) is 0. The van der Waals surface area contributed by atoms with Crippen molar-refractivity contribution in [3.05, 3.63) is 35.9 Å². The van der Waals surface area contributed by atoms with Crippen LogP contribution in [0.15, 0.2) is 35.5 Å². The Bertz CT molecular complexity index is 418. The topological polar surface area (TPSA) is 21.6 Å². The molecule has 1 aromatic carbocycles. The average Bonchev–Trinajstić information content (AvgIpc) is 2.89. The molecule has 0 spiro atoms. The molecule has 1 aromatic rings. The van der Waals surface area contributed by atoms with Gasteiger partial charge in [0.2, 0.25) is 0 Å². The molecule has 3 rings (SSSR count). The van der Waals surface area contributed by atoms with E-state index in [9.17, 15) is 0 Å². The maximum atomic E-state index is 5.66. The van der Waals surface area contributed by atoms with Gasteiger partial charge >= 0.3 is 0 Å². The first kappa shape index (κ1) is 12.7. The molecule has 102 valence electrons. The lowest BCUT2D eigenvalue weighted by Gasteiger charge is -2.18. The third-order valence-electron chi connectivity index (χ3n) is 4.44. The maximum Gasteiger partial charge on any atom is 0.157 e. The van der Waals surface area contributed by atoms with Gasteiger partial charge in [-0.2, -0.15) is 0 Å². The molecule has 0 saturated heterocycles. The highest BCUT2D eigenvalue weighted by Gasteiger charge is 2.28. The lowest BCUT2D eigenvalue weighted by Crippen LogP contribution is -2.15. The van der Waals surface area contributed by atoms with Crippen molar-refractivity contribution in [2.24, 2.45) is 11.1 Å². The van der Waals surface area contributed by atoms with Crippen LogP contribution in [0.5, 0.6) is 0 Å². The predicted molar refractivity (Wildman–Crippen MR) is 78.1 cm³/mol. The monoisotopic (exact) mass is 257 g/mol. The van der Waals surface area contributed by atoms with Gasteiger partial charge in [0.15, 0.2) is 6.10 Å². The maximum absolute atomic E-state index is 5.66. The van der Waals surface area contributed by atoms with Crippen LogP contribution in [-0.4, -0.2) is 5.71 Å². The molecule has 2 nitrogen and oxygen atoms in total. The highest BCUT2D eigenvalue weighted by atomic mass is 16.6. The van der Waals surface area contributed by atoms with Gasteiger partial charge in [-0.15, -0.1) is 0 Å². The molecule has 1 heterocycles. The van der Waals surface area contributed by atoms with Crippen LogP contribution >= 0.6 is 0 Å². The molecule has 0 radical (unpaired) electrons. The van der Waals surface area contributed by atoms with E-state index in [1.807, 2.05) is 0 Å². The van der Waals surface area contributed by atoms with E-state index >= 15 is 0 Å². The van der Waals surface area contributed by atoms with Crippen molar-refractivity contribution in [1.29, 1.82) is 0 Å². The Hall–Kier alpha value is -1.31. The summed E-state index contributed by atoms with van der Waals surface area (Å²) in [5.41, 5.74) is 2.57. The second kappa shape index (κ2) is 6.23. The predicted octanol–water partition coefficient (Wildman–Crippen LogP) is 4.86. The van der Waals surface area contributed by atoms with Crippen LogP contribution in [0, 0.1) is 5.92 Å². The minimum Gasteiger partial charge on any atom is -0.387 e. The zero-order chi connectivity index (χ0) is 12.9. The first-order valence-electron chi connectivity index (χ1n) is 7.71. The van der Waals surface area contributed by atoms with Crippen molar-refractivity contribution in [1.82, 2.24) is 0 Å². The Labute approximate surface area is 115 Å². The van der Waals surface area contributed by atoms with Crippen LogP contribution < -0.4 is 0 Å². The van der Waals surface area contributed by atoms with Gasteiger partial charge in [0.05, 0.1) is 5.71 Å². The standard InChI is InChI=1S/C17H23NO/c1-2-5-9-14(10-6-3-1)16-13-17(19-18-16)15-11-7-4-8-12-15/h4,7-8,11-12,14,17H,1-3,5-6,9-10,13H2. The third kappa shape index (κ3) is 3.17. The number of benzene rings is 1. The van der Waals surface area contributed by atoms with Crippen molar-refractivity contribution in [2.75, 3.05) is 0 Å². The van der Waals surface area contributed by atoms with Crippen LogP contribution in [0.2, 0.25) is 0 Å². The van der Waals surface area contributed by atoms with Crippen molar-refractivity contribution >= 4 is 5.71 Å². The number of hydrogen-bond acceptors (Lipinski definition) is 2. The van der Waals surface area contributed by atoms with Crippen molar-refractivity contribution in [3.8, 4) is 0 Å². The van der Waals surface area contributed by atoms with Crippen LogP contribution in [-0.2, 0) is 4.84 Å². The van der Waals surface area contributed by atoms with E-state index in [4.69, 9.17) is 4.84 Å². The Kier molecular flexibility index (Phi) is 4.16. The lowest BCUT2D eigenvalue weighted by molar-refractivity contribution is 0.0856. The van der Waals surface area contributed by atoms with Crippen molar-refractivity contribution in [2.45, 2.75) is 57.5 Å². The van der Waals surface area contributed by atoms with Crippen LogP contribution in [0.1, 0.15) is 63.0 Å². The molecule has 0 N–H and O–H groups in total. The molecule has 0 aromatic heterocycles. The molecule has 2 heteroatoms. The van der Waals surface area contributed by atoms with E-state index in [-0.39, 0.29) is 6.10 Å². The lowest BCUT2D eigenvalue weighted by atomic mass is 9.85. The van der Waals surface area contributed by atoms with Crippen molar-refractivity contribution in [3.63, 3.8) is 0 Å². The summed E-state index contributed by atoms with van der Waals surface area (Å²) in [4.78, 5) is 5.66. The fraction of sp³-hybridized carbons (Fsp3) is 0.588. The normalized spacial score (nSPS) is 25.3. The third-order valence-corrected chi connectivity index (χ3v) is 4.44. The zero-order valence-corrected chi connectivity index (χ0v) is 11.6. The summed E-state index contributed by atoms with van der Waals surface area (Å²) in [5, 5.41) is 4.41. The summed E-state index contributed by atoms with van der Waals surface area (Å²) in [5.74, 6) is 0.675. The van der Waals surface area contributed by atoms with Crippen LogP contribution in [0.4, 0.5) is 0 Å². The van der Waals surface area contributed by atoms with Gasteiger partial charge in [-0.1, -0.05) is 67.6 Å². The smallest absolute Gasteiger partial charge is 0.157 e. The molecular formula is C17H23NO. The number of nitrogens with zero attached hydrogens (tertiary/aromatic N) is 1. The van der Waals surface area contributed by atoms with Crippen molar-refractivity contribution < 1.29 is 4.84 Å².